The Morgan fingerprint density at radius 2 is 1.88 bits per heavy atom. The molecule has 0 unspecified atom stereocenters. The summed E-state index contributed by atoms with van der Waals surface area (Å²) < 4.78 is 6.16. The van der Waals surface area contributed by atoms with Gasteiger partial charge < -0.3 is 19.6 Å². The predicted octanol–water partition coefficient (Wildman–Crippen LogP) is 2.54. The van der Waals surface area contributed by atoms with Crippen molar-refractivity contribution in [2.75, 3.05) is 13.1 Å². The van der Waals surface area contributed by atoms with E-state index < -0.39 is 0 Å². The Bertz CT molecular complexity index is 951. The predicted molar refractivity (Wildman–Crippen MR) is 94.9 cm³/mol. The molecule has 1 aromatic carbocycles. The lowest BCUT2D eigenvalue weighted by molar-refractivity contribution is 0.0592. The number of hydrogen-bond donors (Lipinski definition) is 2. The van der Waals surface area contributed by atoms with Gasteiger partial charge in [-0.15, -0.1) is 0 Å². The number of aromatic nitrogens is 2. The SMILES string of the molecule is O=C(c1cccc(=O)[nH]1)N1CCC(Oc2cccc3[nH]ccc23)CC1. The maximum Gasteiger partial charge on any atom is 0.270 e. The standard InChI is InChI=1S/C19H19N3O3/c23-18-6-2-4-16(21-18)19(24)22-11-8-13(9-12-22)25-17-5-1-3-15-14(17)7-10-20-15/h1-7,10,13,20H,8-9,11-12H2,(H,21,23). The molecule has 6 heteroatoms. The van der Waals surface area contributed by atoms with Crippen LogP contribution in [0.1, 0.15) is 23.3 Å². The summed E-state index contributed by atoms with van der Waals surface area (Å²) in [4.78, 5) is 31.4. The first-order valence-corrected chi connectivity index (χ1v) is 8.42. The molecule has 0 atom stereocenters. The Labute approximate surface area is 144 Å². The van der Waals surface area contributed by atoms with Crippen molar-refractivity contribution in [1.82, 2.24) is 14.9 Å². The lowest BCUT2D eigenvalue weighted by Crippen LogP contribution is -2.42. The quantitative estimate of drug-likeness (QED) is 0.771. The molecule has 3 heterocycles. The molecule has 25 heavy (non-hydrogen) atoms. The summed E-state index contributed by atoms with van der Waals surface area (Å²) in [5.41, 5.74) is 1.13. The number of amides is 1. The Hall–Kier alpha value is -3.02. The zero-order chi connectivity index (χ0) is 17.2. The molecule has 2 aromatic heterocycles. The van der Waals surface area contributed by atoms with Gasteiger partial charge in [-0.2, -0.15) is 0 Å². The summed E-state index contributed by atoms with van der Waals surface area (Å²) in [5.74, 6) is 0.736. The first-order valence-electron chi connectivity index (χ1n) is 8.42. The summed E-state index contributed by atoms with van der Waals surface area (Å²) in [6.07, 6.45) is 3.52. The lowest BCUT2D eigenvalue weighted by Gasteiger charge is -2.32. The van der Waals surface area contributed by atoms with Gasteiger partial charge in [-0.3, -0.25) is 9.59 Å². The highest BCUT2D eigenvalue weighted by atomic mass is 16.5. The van der Waals surface area contributed by atoms with E-state index in [1.54, 1.807) is 17.0 Å². The maximum absolute atomic E-state index is 12.5. The van der Waals surface area contributed by atoms with Gasteiger partial charge in [0.1, 0.15) is 17.5 Å². The molecule has 0 aliphatic carbocycles. The number of pyridine rings is 1. The highest BCUT2D eigenvalue weighted by Gasteiger charge is 2.25. The van der Waals surface area contributed by atoms with Gasteiger partial charge in [-0.1, -0.05) is 12.1 Å². The maximum atomic E-state index is 12.5. The van der Waals surface area contributed by atoms with Crippen LogP contribution in [0.4, 0.5) is 0 Å². The number of fused-ring (bicyclic) bond motifs is 1. The molecule has 6 nitrogen and oxygen atoms in total. The van der Waals surface area contributed by atoms with Crippen molar-refractivity contribution in [2.24, 2.45) is 0 Å². The van der Waals surface area contributed by atoms with Crippen molar-refractivity contribution in [2.45, 2.75) is 18.9 Å². The van der Waals surface area contributed by atoms with Crippen molar-refractivity contribution < 1.29 is 9.53 Å². The van der Waals surface area contributed by atoms with E-state index in [0.29, 0.717) is 18.8 Å². The van der Waals surface area contributed by atoms with Gasteiger partial charge in [0.2, 0.25) is 5.56 Å². The molecule has 1 amide bonds. The second-order valence-corrected chi connectivity index (χ2v) is 6.23. The van der Waals surface area contributed by atoms with Crippen LogP contribution in [0, 0.1) is 0 Å². The summed E-state index contributed by atoms with van der Waals surface area (Å²) in [6, 6.07) is 12.6. The normalized spacial score (nSPS) is 15.4. The summed E-state index contributed by atoms with van der Waals surface area (Å²) >= 11 is 0. The third kappa shape index (κ3) is 3.15. The average molecular weight is 337 g/mol. The fourth-order valence-corrected chi connectivity index (χ4v) is 3.26. The van der Waals surface area contributed by atoms with Gasteiger partial charge in [-0.25, -0.2) is 0 Å². The third-order valence-electron chi connectivity index (χ3n) is 4.58. The van der Waals surface area contributed by atoms with Crippen molar-refractivity contribution in [3.05, 3.63) is 64.7 Å². The fourth-order valence-electron chi connectivity index (χ4n) is 3.26. The first kappa shape index (κ1) is 15.5. The molecular formula is C19H19N3O3. The Balaban J connectivity index is 1.41. The molecule has 3 aromatic rings. The fraction of sp³-hybridized carbons (Fsp3) is 0.263. The molecule has 128 valence electrons. The number of ether oxygens (including phenoxy) is 1. The van der Waals surface area contributed by atoms with Gasteiger partial charge in [0.15, 0.2) is 0 Å². The minimum absolute atomic E-state index is 0.0828. The van der Waals surface area contributed by atoms with E-state index in [1.807, 2.05) is 30.5 Å². The topological polar surface area (TPSA) is 78.2 Å². The van der Waals surface area contributed by atoms with Crippen molar-refractivity contribution in [1.29, 1.82) is 0 Å². The molecule has 1 aliphatic heterocycles. The van der Waals surface area contributed by atoms with Crippen LogP contribution in [-0.4, -0.2) is 40.0 Å². The van der Waals surface area contributed by atoms with Crippen LogP contribution < -0.4 is 10.3 Å². The molecule has 1 saturated heterocycles. The van der Waals surface area contributed by atoms with Crippen LogP contribution in [0.3, 0.4) is 0 Å². The average Bonchev–Trinajstić information content (AvgIpc) is 3.12. The van der Waals surface area contributed by atoms with Crippen LogP contribution in [0.5, 0.6) is 5.75 Å². The molecule has 0 saturated carbocycles. The minimum Gasteiger partial charge on any atom is -0.490 e. The van der Waals surface area contributed by atoms with E-state index in [9.17, 15) is 9.59 Å². The molecular weight excluding hydrogens is 318 g/mol. The molecule has 4 rings (SSSR count). The van der Waals surface area contributed by atoms with Gasteiger partial charge in [0.05, 0.1) is 0 Å². The zero-order valence-corrected chi connectivity index (χ0v) is 13.7. The zero-order valence-electron chi connectivity index (χ0n) is 13.7. The molecule has 0 bridgehead atoms. The van der Waals surface area contributed by atoms with E-state index in [-0.39, 0.29) is 17.6 Å². The molecule has 1 aliphatic rings. The van der Waals surface area contributed by atoms with Gasteiger partial charge in [-0.05, 0) is 24.3 Å². The molecule has 0 radical (unpaired) electrons. The number of piperidine rings is 1. The summed E-state index contributed by atoms with van der Waals surface area (Å²) in [6.45, 7) is 1.23. The number of H-pyrrole nitrogens is 2. The van der Waals surface area contributed by atoms with Crippen LogP contribution in [0.25, 0.3) is 10.9 Å². The highest BCUT2D eigenvalue weighted by Crippen LogP contribution is 2.27. The number of rotatable bonds is 3. The van der Waals surface area contributed by atoms with E-state index in [4.69, 9.17) is 4.74 Å². The van der Waals surface area contributed by atoms with Crippen LogP contribution in [0.2, 0.25) is 0 Å². The Kier molecular flexibility index (Phi) is 4.01. The smallest absolute Gasteiger partial charge is 0.270 e. The molecule has 1 fully saturated rings. The second-order valence-electron chi connectivity index (χ2n) is 6.23. The number of nitrogens with one attached hydrogen (secondary N) is 2. The third-order valence-corrected chi connectivity index (χ3v) is 4.58. The number of benzene rings is 1. The van der Waals surface area contributed by atoms with Gasteiger partial charge in [0, 0.05) is 49.1 Å². The van der Waals surface area contributed by atoms with Crippen LogP contribution in [-0.2, 0) is 0 Å². The number of nitrogens with zero attached hydrogens (tertiary/aromatic N) is 1. The lowest BCUT2D eigenvalue weighted by atomic mass is 10.1. The molecule has 2 N–H and O–H groups in total. The number of carbonyl (C=O) groups excluding carboxylic acids is 1. The van der Waals surface area contributed by atoms with Crippen molar-refractivity contribution >= 4 is 16.8 Å². The minimum atomic E-state index is -0.260. The summed E-state index contributed by atoms with van der Waals surface area (Å²) in [5, 5.41) is 1.07. The second kappa shape index (κ2) is 6.47. The Morgan fingerprint density at radius 3 is 2.68 bits per heavy atom. The van der Waals surface area contributed by atoms with Crippen LogP contribution in [0.15, 0.2) is 53.5 Å². The Morgan fingerprint density at radius 1 is 1.08 bits per heavy atom. The number of likely N-dealkylation sites (tertiary alicyclic amines) is 1. The van der Waals surface area contributed by atoms with Crippen LogP contribution >= 0.6 is 0 Å². The number of carbonyl (C=O) groups is 1. The van der Waals surface area contributed by atoms with E-state index >= 15 is 0 Å². The first-order chi connectivity index (χ1) is 12.2. The van der Waals surface area contributed by atoms with Crippen molar-refractivity contribution in [3.63, 3.8) is 0 Å². The van der Waals surface area contributed by atoms with Crippen molar-refractivity contribution in [3.8, 4) is 5.75 Å². The van der Waals surface area contributed by atoms with E-state index in [2.05, 4.69) is 9.97 Å². The van der Waals surface area contributed by atoms with Gasteiger partial charge in [0.25, 0.3) is 5.91 Å². The highest BCUT2D eigenvalue weighted by molar-refractivity contribution is 5.92. The van der Waals surface area contributed by atoms with E-state index in [1.165, 1.54) is 6.07 Å². The largest absolute Gasteiger partial charge is 0.490 e. The molecule has 0 spiro atoms. The van der Waals surface area contributed by atoms with E-state index in [0.717, 1.165) is 29.5 Å². The number of aromatic amines is 2. The number of hydrogen-bond acceptors (Lipinski definition) is 3. The summed E-state index contributed by atoms with van der Waals surface area (Å²) in [7, 11) is 0. The monoisotopic (exact) mass is 337 g/mol. The van der Waals surface area contributed by atoms with Gasteiger partial charge >= 0.3 is 0 Å².